The molecule has 3 amide bonds. The second kappa shape index (κ2) is 16.6. The van der Waals surface area contributed by atoms with Crippen LogP contribution in [0.1, 0.15) is 77.2 Å². The highest BCUT2D eigenvalue weighted by molar-refractivity contribution is 6.43. The molecule has 15 heteroatoms. The van der Waals surface area contributed by atoms with E-state index in [0.29, 0.717) is 57.5 Å². The summed E-state index contributed by atoms with van der Waals surface area (Å²) < 4.78 is 6.71. The number of halogens is 3. The van der Waals surface area contributed by atoms with Crippen molar-refractivity contribution in [3.8, 4) is 5.69 Å². The fourth-order valence-electron chi connectivity index (χ4n) is 6.36. The molecule has 1 aliphatic heterocycles. The molecular formula is C35H37Cl3N6O6. The third-order valence-corrected chi connectivity index (χ3v) is 9.75. The van der Waals surface area contributed by atoms with E-state index in [-0.39, 0.29) is 29.5 Å². The summed E-state index contributed by atoms with van der Waals surface area (Å²) in [5, 5.41) is 8.16. The number of tetrazole rings is 1. The Bertz CT molecular complexity index is 1880. The van der Waals surface area contributed by atoms with Gasteiger partial charge in [0.2, 0.25) is 0 Å². The molecule has 50 heavy (non-hydrogen) atoms. The van der Waals surface area contributed by atoms with Crippen molar-refractivity contribution < 1.29 is 23.9 Å². The van der Waals surface area contributed by atoms with Gasteiger partial charge in [-0.2, -0.15) is 4.68 Å². The van der Waals surface area contributed by atoms with Crippen LogP contribution >= 0.6 is 34.8 Å². The number of anilines is 1. The lowest BCUT2D eigenvalue weighted by Crippen LogP contribution is -2.46. The Labute approximate surface area is 304 Å². The molecule has 1 aromatic heterocycles. The highest BCUT2D eigenvalue weighted by atomic mass is 35.5. The molecule has 0 radical (unpaired) electrons. The molecule has 0 saturated heterocycles. The molecule has 3 aliphatic rings. The molecule has 0 atom stereocenters. The molecule has 0 unspecified atom stereocenters. The Hall–Kier alpha value is -4.26. The first-order valence-corrected chi connectivity index (χ1v) is 17.8. The number of para-hydroxylation sites is 1. The number of hydrogen-bond acceptors (Lipinski definition) is 8. The number of hydrogen-bond donors (Lipinski definition) is 0. The average molecular weight is 744 g/mol. The Balaban J connectivity index is 0.000000195. The lowest BCUT2D eigenvalue weighted by atomic mass is 9.93. The van der Waals surface area contributed by atoms with Crippen LogP contribution in [0.2, 0.25) is 10.0 Å². The van der Waals surface area contributed by atoms with E-state index in [9.17, 15) is 24.0 Å². The molecule has 2 aromatic carbocycles. The molecule has 264 valence electrons. The number of imide groups is 1. The smallest absolute Gasteiger partial charge is 0.377 e. The number of carbonyl (C=O) groups is 4. The summed E-state index contributed by atoms with van der Waals surface area (Å²) in [5.41, 5.74) is 1.84. The molecule has 2 heterocycles. The van der Waals surface area contributed by atoms with Crippen LogP contribution in [0.5, 0.6) is 0 Å². The van der Waals surface area contributed by atoms with E-state index in [1.807, 2.05) is 6.92 Å². The zero-order valence-electron chi connectivity index (χ0n) is 27.7. The largest absolute Gasteiger partial charge is 0.462 e. The summed E-state index contributed by atoms with van der Waals surface area (Å²) in [6.45, 7) is 4.32. The van der Waals surface area contributed by atoms with Gasteiger partial charge in [0.1, 0.15) is 5.03 Å². The third-order valence-electron chi connectivity index (χ3n) is 8.83. The predicted octanol–water partition coefficient (Wildman–Crippen LogP) is 6.93. The summed E-state index contributed by atoms with van der Waals surface area (Å²) in [6, 6.07) is 11.3. The minimum atomic E-state index is -0.666. The van der Waals surface area contributed by atoms with Gasteiger partial charge in [0.15, 0.2) is 0 Å². The number of aromatic nitrogens is 4. The Morgan fingerprint density at radius 1 is 0.900 bits per heavy atom. The Kier molecular flexibility index (Phi) is 12.3. The fourth-order valence-corrected chi connectivity index (χ4v) is 6.92. The van der Waals surface area contributed by atoms with Gasteiger partial charge in [0, 0.05) is 28.8 Å². The van der Waals surface area contributed by atoms with E-state index in [2.05, 4.69) is 10.4 Å². The van der Waals surface area contributed by atoms with Gasteiger partial charge in [-0.05, 0) is 105 Å². The number of rotatable bonds is 7. The standard InChI is InChI=1S/C19H17Cl2NO4.C16H20ClN5O2/c1-2-26-19(25)16(21)10-11-9-12(7-8-15(11)20)22-17(23)13-5-3-4-6-14(13)18(22)24;1-2-20(12-8-4-3-5-9-12)15(23)22-16(24)21(18-19-22)14-11-7-6-10-13(14)17/h7-10H,2-6H2,1H3;6-7,10-12H,2-5,8-9H2,1H3/b16-10-;. The molecule has 12 nitrogen and oxygen atoms in total. The second-order valence-corrected chi connectivity index (χ2v) is 13.1. The van der Waals surface area contributed by atoms with Crippen LogP contribution in [-0.2, 0) is 19.1 Å². The third kappa shape index (κ3) is 7.87. The number of nitrogens with zero attached hydrogens (tertiary/aromatic N) is 6. The normalized spacial score (nSPS) is 16.6. The number of benzene rings is 2. The van der Waals surface area contributed by atoms with E-state index in [1.54, 1.807) is 54.3 Å². The van der Waals surface area contributed by atoms with E-state index in [0.717, 1.165) is 47.9 Å². The van der Waals surface area contributed by atoms with Gasteiger partial charge in [-0.3, -0.25) is 9.59 Å². The highest BCUT2D eigenvalue weighted by Gasteiger charge is 2.39. The fraction of sp³-hybridized carbons (Fsp3) is 0.400. The lowest BCUT2D eigenvalue weighted by Gasteiger charge is -2.32. The molecule has 1 saturated carbocycles. The molecule has 0 N–H and O–H groups in total. The number of esters is 1. The zero-order valence-corrected chi connectivity index (χ0v) is 30.0. The van der Waals surface area contributed by atoms with Crippen LogP contribution < -0.4 is 10.6 Å². The summed E-state index contributed by atoms with van der Waals surface area (Å²) in [7, 11) is 0. The maximum Gasteiger partial charge on any atom is 0.377 e. The molecule has 1 fully saturated rings. The van der Waals surface area contributed by atoms with Crippen LogP contribution in [0, 0.1) is 0 Å². The molecule has 6 rings (SSSR count). The summed E-state index contributed by atoms with van der Waals surface area (Å²) in [4.78, 5) is 65.2. The minimum absolute atomic E-state index is 0.137. The van der Waals surface area contributed by atoms with E-state index in [1.165, 1.54) is 17.4 Å². The van der Waals surface area contributed by atoms with Gasteiger partial charge in [-0.1, -0.05) is 66.2 Å². The van der Waals surface area contributed by atoms with Crippen molar-refractivity contribution in [3.05, 3.63) is 84.7 Å². The van der Waals surface area contributed by atoms with Crippen molar-refractivity contribution >= 4 is 70.4 Å². The van der Waals surface area contributed by atoms with E-state index >= 15 is 0 Å². The zero-order chi connectivity index (χ0) is 35.9. The van der Waals surface area contributed by atoms with Gasteiger partial charge < -0.3 is 9.64 Å². The minimum Gasteiger partial charge on any atom is -0.462 e. The maximum atomic E-state index is 12.8. The Morgan fingerprint density at radius 2 is 1.56 bits per heavy atom. The number of carbonyl (C=O) groups excluding carboxylic acids is 4. The number of amides is 3. The first-order valence-electron chi connectivity index (χ1n) is 16.6. The maximum absolute atomic E-state index is 12.8. The van der Waals surface area contributed by atoms with Crippen LogP contribution in [0.4, 0.5) is 10.5 Å². The average Bonchev–Trinajstić information content (AvgIpc) is 3.63. The molecule has 3 aromatic rings. The van der Waals surface area contributed by atoms with Crippen LogP contribution in [0.15, 0.2) is 63.4 Å². The second-order valence-electron chi connectivity index (χ2n) is 11.9. The SMILES string of the molecule is CCN(C(=O)n1nnn(-c2ccccc2Cl)c1=O)C1CCCCC1.CCOC(=O)/C(Cl)=C/c1cc(N2C(=O)C3=C(CCCC3)C2=O)ccc1Cl. The first kappa shape index (κ1) is 37.0. The molecule has 2 aliphatic carbocycles. The number of ether oxygens (including phenoxy) is 1. The van der Waals surface area contributed by atoms with E-state index in [4.69, 9.17) is 39.5 Å². The van der Waals surface area contributed by atoms with Crippen molar-refractivity contribution in [2.24, 2.45) is 0 Å². The van der Waals surface area contributed by atoms with Crippen molar-refractivity contribution in [2.75, 3.05) is 18.1 Å². The summed E-state index contributed by atoms with van der Waals surface area (Å²) in [6.07, 6.45) is 9.79. The summed E-state index contributed by atoms with van der Waals surface area (Å²) in [5.74, 6) is -1.22. The topological polar surface area (TPSA) is 137 Å². The Morgan fingerprint density at radius 3 is 2.18 bits per heavy atom. The molecule has 0 spiro atoms. The molecule has 0 bridgehead atoms. The highest BCUT2D eigenvalue weighted by Crippen LogP contribution is 2.37. The van der Waals surface area contributed by atoms with Gasteiger partial charge >= 0.3 is 17.7 Å². The summed E-state index contributed by atoms with van der Waals surface area (Å²) >= 11 is 18.2. The van der Waals surface area contributed by atoms with Gasteiger partial charge in [-0.25, -0.2) is 19.3 Å². The molecular weight excluding hydrogens is 707 g/mol. The van der Waals surface area contributed by atoms with Gasteiger partial charge in [-0.15, -0.1) is 4.68 Å². The van der Waals surface area contributed by atoms with Gasteiger partial charge in [0.05, 0.1) is 23.0 Å². The van der Waals surface area contributed by atoms with Crippen LogP contribution in [0.25, 0.3) is 11.8 Å². The van der Waals surface area contributed by atoms with Crippen LogP contribution in [0.3, 0.4) is 0 Å². The van der Waals surface area contributed by atoms with Gasteiger partial charge in [0.25, 0.3) is 11.8 Å². The quantitative estimate of drug-likeness (QED) is 0.110. The predicted molar refractivity (Wildman–Crippen MR) is 191 cm³/mol. The van der Waals surface area contributed by atoms with E-state index < -0.39 is 17.7 Å². The van der Waals surface area contributed by atoms with Crippen molar-refractivity contribution in [2.45, 2.75) is 77.7 Å². The monoisotopic (exact) mass is 742 g/mol. The van der Waals surface area contributed by atoms with Crippen molar-refractivity contribution in [3.63, 3.8) is 0 Å². The van der Waals surface area contributed by atoms with Crippen molar-refractivity contribution in [1.29, 1.82) is 0 Å². The van der Waals surface area contributed by atoms with Crippen LogP contribution in [-0.4, -0.2) is 67.7 Å². The van der Waals surface area contributed by atoms with Crippen molar-refractivity contribution in [1.82, 2.24) is 24.7 Å². The lowest BCUT2D eigenvalue weighted by molar-refractivity contribution is -0.137. The first-order chi connectivity index (χ1) is 24.1.